The molecule has 0 unspecified atom stereocenters. The van der Waals surface area contributed by atoms with Crippen LogP contribution in [-0.2, 0) is 0 Å². The predicted octanol–water partition coefficient (Wildman–Crippen LogP) is 2.73. The minimum atomic E-state index is -0.611. The standard InChI is InChI=1S/C6H3ClN3O2/c7-4-1-5(9-8)3-6(2-4)10(11)12/h1-3H/q+1. The van der Waals surface area contributed by atoms with Gasteiger partial charge in [0.2, 0.25) is 5.39 Å². The Hall–Kier alpha value is -1.67. The van der Waals surface area contributed by atoms with Crippen LogP contribution in [0.3, 0.4) is 0 Å². The van der Waals surface area contributed by atoms with Crippen molar-refractivity contribution in [2.24, 2.45) is 0 Å². The van der Waals surface area contributed by atoms with E-state index in [1.165, 1.54) is 12.1 Å². The average Bonchev–Trinajstić information content (AvgIpc) is 2.03. The molecule has 0 aliphatic heterocycles. The Bertz CT molecular complexity index is 372. The van der Waals surface area contributed by atoms with Gasteiger partial charge in [-0.05, 0) is 0 Å². The maximum atomic E-state index is 10.2. The van der Waals surface area contributed by atoms with Crippen molar-refractivity contribution in [3.05, 3.63) is 38.3 Å². The monoisotopic (exact) mass is 184 g/mol. The molecule has 0 aliphatic carbocycles. The number of nitro benzene ring substituents is 1. The molecular formula is C6H3ClN3O2+. The highest BCUT2D eigenvalue weighted by atomic mass is 35.5. The summed E-state index contributed by atoms with van der Waals surface area (Å²) in [6.07, 6.45) is 0. The van der Waals surface area contributed by atoms with Crippen LogP contribution in [0.15, 0.2) is 18.2 Å². The Kier molecular flexibility index (Phi) is 2.21. The van der Waals surface area contributed by atoms with Crippen molar-refractivity contribution in [2.45, 2.75) is 0 Å². The third-order valence-corrected chi connectivity index (χ3v) is 1.41. The van der Waals surface area contributed by atoms with Gasteiger partial charge in [-0.25, -0.2) is 0 Å². The van der Waals surface area contributed by atoms with Crippen LogP contribution in [0.25, 0.3) is 4.98 Å². The summed E-state index contributed by atoms with van der Waals surface area (Å²) < 4.78 is 0. The molecule has 0 saturated heterocycles. The molecular weight excluding hydrogens is 182 g/mol. The quantitative estimate of drug-likeness (QED) is 0.383. The zero-order valence-electron chi connectivity index (χ0n) is 5.77. The predicted molar refractivity (Wildman–Crippen MR) is 42.9 cm³/mol. The second kappa shape index (κ2) is 3.15. The molecule has 0 bridgehead atoms. The number of benzene rings is 1. The van der Waals surface area contributed by atoms with Crippen LogP contribution in [0.5, 0.6) is 0 Å². The number of non-ortho nitro benzene ring substituents is 1. The van der Waals surface area contributed by atoms with Crippen molar-refractivity contribution < 1.29 is 4.92 Å². The van der Waals surface area contributed by atoms with Gasteiger partial charge in [0.25, 0.3) is 5.69 Å². The van der Waals surface area contributed by atoms with Gasteiger partial charge in [-0.3, -0.25) is 10.1 Å². The van der Waals surface area contributed by atoms with Crippen molar-refractivity contribution >= 4 is 23.0 Å². The van der Waals surface area contributed by atoms with Gasteiger partial charge in [-0.1, -0.05) is 11.6 Å². The van der Waals surface area contributed by atoms with Crippen LogP contribution in [0.2, 0.25) is 5.02 Å². The van der Waals surface area contributed by atoms with Crippen molar-refractivity contribution in [1.82, 2.24) is 0 Å². The van der Waals surface area contributed by atoms with Crippen molar-refractivity contribution in [3.63, 3.8) is 0 Å². The first kappa shape index (κ1) is 8.43. The van der Waals surface area contributed by atoms with Crippen LogP contribution < -0.4 is 0 Å². The molecule has 0 saturated carbocycles. The van der Waals surface area contributed by atoms with E-state index in [1.54, 1.807) is 0 Å². The molecule has 0 N–H and O–H groups in total. The van der Waals surface area contributed by atoms with E-state index >= 15 is 0 Å². The molecule has 0 amide bonds. The Balaban J connectivity index is 3.26. The SMILES string of the molecule is N#[N+]c1cc(Cl)cc([N+](=O)[O-])c1. The van der Waals surface area contributed by atoms with Crippen molar-refractivity contribution in [2.75, 3.05) is 0 Å². The molecule has 6 heteroatoms. The second-order valence-corrected chi connectivity index (χ2v) is 2.46. The Morgan fingerprint density at radius 3 is 2.67 bits per heavy atom. The molecule has 0 heterocycles. The van der Waals surface area contributed by atoms with Gasteiger partial charge >= 0.3 is 5.69 Å². The van der Waals surface area contributed by atoms with Crippen LogP contribution in [0, 0.1) is 15.5 Å². The van der Waals surface area contributed by atoms with E-state index in [2.05, 4.69) is 4.98 Å². The fourth-order valence-corrected chi connectivity index (χ4v) is 0.946. The molecule has 0 spiro atoms. The molecule has 0 aromatic heterocycles. The lowest BCUT2D eigenvalue weighted by Crippen LogP contribution is -1.86. The number of nitrogens with zero attached hydrogens (tertiary/aromatic N) is 3. The Morgan fingerprint density at radius 1 is 1.50 bits per heavy atom. The molecule has 12 heavy (non-hydrogen) atoms. The molecule has 60 valence electrons. The summed E-state index contributed by atoms with van der Waals surface area (Å²) in [4.78, 5) is 12.4. The van der Waals surface area contributed by atoms with E-state index < -0.39 is 4.92 Å². The van der Waals surface area contributed by atoms with Gasteiger partial charge < -0.3 is 0 Å². The van der Waals surface area contributed by atoms with E-state index in [-0.39, 0.29) is 16.4 Å². The molecule has 0 radical (unpaired) electrons. The molecule has 1 aromatic rings. The molecule has 0 fully saturated rings. The van der Waals surface area contributed by atoms with Gasteiger partial charge in [-0.2, -0.15) is 0 Å². The summed E-state index contributed by atoms with van der Waals surface area (Å²) in [5, 5.41) is 18.7. The first-order chi connectivity index (χ1) is 5.63. The highest BCUT2D eigenvalue weighted by Gasteiger charge is 2.14. The first-order valence-corrected chi connectivity index (χ1v) is 3.31. The highest BCUT2D eigenvalue weighted by Crippen LogP contribution is 2.25. The summed E-state index contributed by atoms with van der Waals surface area (Å²) in [6.45, 7) is 0. The van der Waals surface area contributed by atoms with Crippen LogP contribution in [0.1, 0.15) is 0 Å². The molecule has 5 nitrogen and oxygen atoms in total. The Morgan fingerprint density at radius 2 is 2.17 bits per heavy atom. The minimum Gasteiger partial charge on any atom is -0.258 e. The number of hydrogen-bond donors (Lipinski definition) is 0. The van der Waals surface area contributed by atoms with E-state index in [4.69, 9.17) is 17.0 Å². The average molecular weight is 185 g/mol. The van der Waals surface area contributed by atoms with Gasteiger partial charge in [0.15, 0.2) is 4.98 Å². The lowest BCUT2D eigenvalue weighted by atomic mass is 10.3. The lowest BCUT2D eigenvalue weighted by Gasteiger charge is -1.87. The largest absolute Gasteiger partial charge is 0.393 e. The summed E-state index contributed by atoms with van der Waals surface area (Å²) in [7, 11) is 0. The maximum Gasteiger partial charge on any atom is 0.393 e. The van der Waals surface area contributed by atoms with Crippen LogP contribution in [-0.4, -0.2) is 4.92 Å². The zero-order valence-corrected chi connectivity index (χ0v) is 6.52. The third kappa shape index (κ3) is 1.68. The molecule has 0 aliphatic rings. The number of hydrogen-bond acceptors (Lipinski definition) is 3. The van der Waals surface area contributed by atoms with E-state index in [0.29, 0.717) is 0 Å². The summed E-state index contributed by atoms with van der Waals surface area (Å²) in [5.41, 5.74) is -0.135. The number of rotatable bonds is 1. The smallest absolute Gasteiger partial charge is 0.258 e. The lowest BCUT2D eigenvalue weighted by molar-refractivity contribution is -0.384. The maximum absolute atomic E-state index is 10.2. The summed E-state index contributed by atoms with van der Waals surface area (Å²) in [6, 6.07) is 3.61. The van der Waals surface area contributed by atoms with Gasteiger partial charge in [0.1, 0.15) is 6.07 Å². The topological polar surface area (TPSA) is 71.3 Å². The van der Waals surface area contributed by atoms with Gasteiger partial charge in [0.05, 0.1) is 16.0 Å². The number of nitro groups is 1. The summed E-state index contributed by atoms with van der Waals surface area (Å²) in [5.74, 6) is 0. The van der Waals surface area contributed by atoms with E-state index in [1.807, 2.05) is 0 Å². The second-order valence-electron chi connectivity index (χ2n) is 2.02. The molecule has 1 aromatic carbocycles. The zero-order chi connectivity index (χ0) is 9.14. The Labute approximate surface area is 72.3 Å². The number of diazo groups is 1. The van der Waals surface area contributed by atoms with Crippen LogP contribution in [0.4, 0.5) is 11.4 Å². The minimum absolute atomic E-state index is 0.0641. The van der Waals surface area contributed by atoms with E-state index in [0.717, 1.165) is 6.07 Å². The fraction of sp³-hybridized carbons (Fsp3) is 0. The number of halogens is 1. The van der Waals surface area contributed by atoms with Gasteiger partial charge in [-0.15, -0.1) is 0 Å². The molecule has 0 atom stereocenters. The molecule has 1 rings (SSSR count). The normalized spacial score (nSPS) is 9.00. The third-order valence-electron chi connectivity index (χ3n) is 1.19. The summed E-state index contributed by atoms with van der Waals surface area (Å²) >= 11 is 5.50. The van der Waals surface area contributed by atoms with Crippen LogP contribution >= 0.6 is 11.6 Å². The first-order valence-electron chi connectivity index (χ1n) is 2.93. The van der Waals surface area contributed by atoms with Crippen molar-refractivity contribution in [1.29, 1.82) is 5.39 Å². The van der Waals surface area contributed by atoms with Crippen molar-refractivity contribution in [3.8, 4) is 0 Å². The van der Waals surface area contributed by atoms with E-state index in [9.17, 15) is 10.1 Å². The highest BCUT2D eigenvalue weighted by molar-refractivity contribution is 6.31. The van der Waals surface area contributed by atoms with Gasteiger partial charge in [0, 0.05) is 6.07 Å². The fourth-order valence-electron chi connectivity index (χ4n) is 0.722.